The number of amides is 1. The van der Waals surface area contributed by atoms with Crippen molar-refractivity contribution < 1.29 is 19.4 Å². The average molecular weight is 292 g/mol. The van der Waals surface area contributed by atoms with Gasteiger partial charge in [0.2, 0.25) is 5.88 Å². The molecule has 0 spiro atoms. The lowest BCUT2D eigenvalue weighted by atomic mass is 9.74. The maximum atomic E-state index is 12.3. The number of hydrogen-bond donors (Lipinski definition) is 2. The Bertz CT molecular complexity index is 538. The van der Waals surface area contributed by atoms with Crippen LogP contribution >= 0.6 is 0 Å². The highest BCUT2D eigenvalue weighted by Gasteiger charge is 2.40. The molecular formula is C15H20N2O4. The lowest BCUT2D eigenvalue weighted by Gasteiger charge is -2.41. The molecule has 1 aromatic rings. The number of aliphatic carboxylic acids is 1. The molecule has 1 heterocycles. The molecule has 21 heavy (non-hydrogen) atoms. The number of nitrogens with one attached hydrogen (secondary N) is 1. The molecular weight excluding hydrogens is 272 g/mol. The molecule has 0 aromatic carbocycles. The molecule has 0 radical (unpaired) electrons. The molecule has 6 heteroatoms. The van der Waals surface area contributed by atoms with Gasteiger partial charge in [0.05, 0.1) is 18.1 Å². The Labute approximate surface area is 123 Å². The summed E-state index contributed by atoms with van der Waals surface area (Å²) in [6.45, 7) is 3.76. The number of ether oxygens (including phenoxy) is 1. The third kappa shape index (κ3) is 3.93. The first-order chi connectivity index (χ1) is 9.90. The third-order valence-electron chi connectivity index (χ3n) is 3.49. The molecule has 0 saturated heterocycles. The minimum absolute atomic E-state index is 0.0270. The van der Waals surface area contributed by atoms with Crippen LogP contribution in [0, 0.1) is 0 Å². The molecule has 114 valence electrons. The number of pyridine rings is 1. The van der Waals surface area contributed by atoms with E-state index in [4.69, 9.17) is 9.84 Å². The molecule has 1 aliphatic rings. The Hall–Kier alpha value is -2.11. The SMILES string of the molecule is CC(C)Oc1cccc(C(=O)NC2(CC(=O)O)CCC2)n1. The van der Waals surface area contributed by atoms with Crippen molar-refractivity contribution in [3.63, 3.8) is 0 Å². The van der Waals surface area contributed by atoms with Crippen LogP contribution in [0.3, 0.4) is 0 Å². The van der Waals surface area contributed by atoms with Crippen molar-refractivity contribution in [1.82, 2.24) is 10.3 Å². The zero-order valence-electron chi connectivity index (χ0n) is 12.3. The van der Waals surface area contributed by atoms with E-state index in [1.807, 2.05) is 13.8 Å². The van der Waals surface area contributed by atoms with E-state index in [1.165, 1.54) is 0 Å². The van der Waals surface area contributed by atoms with Crippen molar-refractivity contribution in [2.75, 3.05) is 0 Å². The minimum Gasteiger partial charge on any atom is -0.481 e. The van der Waals surface area contributed by atoms with Crippen LogP contribution in [-0.2, 0) is 4.79 Å². The molecule has 0 atom stereocenters. The van der Waals surface area contributed by atoms with Crippen molar-refractivity contribution in [3.8, 4) is 5.88 Å². The van der Waals surface area contributed by atoms with E-state index in [0.717, 1.165) is 6.42 Å². The number of carboxylic acid groups (broad SMARTS) is 1. The zero-order valence-corrected chi connectivity index (χ0v) is 12.3. The Morgan fingerprint density at radius 3 is 2.67 bits per heavy atom. The number of carboxylic acids is 1. The average Bonchev–Trinajstić information content (AvgIpc) is 2.35. The maximum Gasteiger partial charge on any atom is 0.305 e. The van der Waals surface area contributed by atoms with Crippen LogP contribution in [0.15, 0.2) is 18.2 Å². The second-order valence-corrected chi connectivity index (χ2v) is 5.69. The van der Waals surface area contributed by atoms with E-state index in [1.54, 1.807) is 18.2 Å². The van der Waals surface area contributed by atoms with Crippen molar-refractivity contribution in [2.45, 2.75) is 51.2 Å². The normalized spacial score (nSPS) is 16.1. The summed E-state index contributed by atoms with van der Waals surface area (Å²) in [7, 11) is 0. The first kappa shape index (κ1) is 15.3. The number of hydrogen-bond acceptors (Lipinski definition) is 4. The van der Waals surface area contributed by atoms with E-state index < -0.39 is 11.5 Å². The standard InChI is InChI=1S/C15H20N2O4/c1-10(2)21-12-6-3-5-11(16-12)14(20)17-15(7-4-8-15)9-13(18)19/h3,5-6,10H,4,7-9H2,1-2H3,(H,17,20)(H,18,19). The van der Waals surface area contributed by atoms with Gasteiger partial charge in [-0.25, -0.2) is 4.98 Å². The topological polar surface area (TPSA) is 88.5 Å². The van der Waals surface area contributed by atoms with Crippen molar-refractivity contribution in [1.29, 1.82) is 0 Å². The minimum atomic E-state index is -0.903. The molecule has 1 saturated carbocycles. The first-order valence-corrected chi connectivity index (χ1v) is 7.08. The molecule has 1 fully saturated rings. The van der Waals surface area contributed by atoms with Gasteiger partial charge in [-0.15, -0.1) is 0 Å². The van der Waals surface area contributed by atoms with Crippen molar-refractivity contribution in [2.24, 2.45) is 0 Å². The Balaban J connectivity index is 2.07. The van der Waals surface area contributed by atoms with Crippen LogP contribution in [0.5, 0.6) is 5.88 Å². The van der Waals surface area contributed by atoms with E-state index in [-0.39, 0.29) is 24.1 Å². The summed E-state index contributed by atoms with van der Waals surface area (Å²) in [4.78, 5) is 27.3. The highest BCUT2D eigenvalue weighted by Crippen LogP contribution is 2.35. The number of nitrogens with zero attached hydrogens (tertiary/aromatic N) is 1. The molecule has 0 bridgehead atoms. The fourth-order valence-electron chi connectivity index (χ4n) is 2.39. The first-order valence-electron chi connectivity index (χ1n) is 7.08. The predicted molar refractivity (Wildman–Crippen MR) is 76.3 cm³/mol. The zero-order chi connectivity index (χ0) is 15.5. The van der Waals surface area contributed by atoms with Crippen LogP contribution in [-0.4, -0.2) is 33.6 Å². The van der Waals surface area contributed by atoms with Crippen LogP contribution in [0.4, 0.5) is 0 Å². The molecule has 2 N–H and O–H groups in total. The fraction of sp³-hybridized carbons (Fsp3) is 0.533. The smallest absolute Gasteiger partial charge is 0.305 e. The molecule has 0 aliphatic heterocycles. The molecule has 2 rings (SSSR count). The lowest BCUT2D eigenvalue weighted by molar-refractivity contribution is -0.139. The number of aromatic nitrogens is 1. The van der Waals surface area contributed by atoms with Gasteiger partial charge >= 0.3 is 5.97 Å². The summed E-state index contributed by atoms with van der Waals surface area (Å²) in [5.74, 6) is -0.872. The largest absolute Gasteiger partial charge is 0.481 e. The van der Waals surface area contributed by atoms with Gasteiger partial charge in [0, 0.05) is 6.07 Å². The van der Waals surface area contributed by atoms with Gasteiger partial charge in [0.25, 0.3) is 5.91 Å². The van der Waals surface area contributed by atoms with Gasteiger partial charge in [-0.1, -0.05) is 6.07 Å². The van der Waals surface area contributed by atoms with Gasteiger partial charge in [-0.2, -0.15) is 0 Å². The summed E-state index contributed by atoms with van der Waals surface area (Å²) in [6, 6.07) is 4.98. The second-order valence-electron chi connectivity index (χ2n) is 5.69. The molecule has 1 amide bonds. The highest BCUT2D eigenvalue weighted by atomic mass is 16.5. The van der Waals surface area contributed by atoms with Crippen LogP contribution in [0.2, 0.25) is 0 Å². The third-order valence-corrected chi connectivity index (χ3v) is 3.49. The van der Waals surface area contributed by atoms with E-state index in [2.05, 4.69) is 10.3 Å². The summed E-state index contributed by atoms with van der Waals surface area (Å²) >= 11 is 0. The number of carbonyl (C=O) groups excluding carboxylic acids is 1. The van der Waals surface area contributed by atoms with Crippen LogP contribution < -0.4 is 10.1 Å². The Kier molecular flexibility index (Phi) is 4.45. The maximum absolute atomic E-state index is 12.3. The van der Waals surface area contributed by atoms with Gasteiger partial charge in [0.1, 0.15) is 5.69 Å². The van der Waals surface area contributed by atoms with E-state index >= 15 is 0 Å². The quantitative estimate of drug-likeness (QED) is 0.837. The van der Waals surface area contributed by atoms with Crippen molar-refractivity contribution >= 4 is 11.9 Å². The fourth-order valence-corrected chi connectivity index (χ4v) is 2.39. The molecule has 1 aromatic heterocycles. The van der Waals surface area contributed by atoms with Crippen LogP contribution in [0.25, 0.3) is 0 Å². The molecule has 1 aliphatic carbocycles. The van der Waals surface area contributed by atoms with Crippen molar-refractivity contribution in [3.05, 3.63) is 23.9 Å². The summed E-state index contributed by atoms with van der Waals surface area (Å²) in [5.41, 5.74) is -0.385. The number of rotatable bonds is 6. The lowest BCUT2D eigenvalue weighted by Crippen LogP contribution is -2.54. The number of carbonyl (C=O) groups is 2. The molecule has 0 unspecified atom stereocenters. The summed E-state index contributed by atoms with van der Waals surface area (Å²) in [5, 5.41) is 11.8. The Morgan fingerprint density at radius 1 is 1.43 bits per heavy atom. The molecule has 6 nitrogen and oxygen atoms in total. The van der Waals surface area contributed by atoms with Gasteiger partial charge in [-0.05, 0) is 39.2 Å². The van der Waals surface area contributed by atoms with Gasteiger partial charge < -0.3 is 15.2 Å². The second kappa shape index (κ2) is 6.11. The van der Waals surface area contributed by atoms with Gasteiger partial charge in [-0.3, -0.25) is 9.59 Å². The summed E-state index contributed by atoms with van der Waals surface area (Å²) in [6.07, 6.45) is 2.22. The highest BCUT2D eigenvalue weighted by molar-refractivity contribution is 5.93. The van der Waals surface area contributed by atoms with Gasteiger partial charge in [0.15, 0.2) is 0 Å². The monoisotopic (exact) mass is 292 g/mol. The van der Waals surface area contributed by atoms with Crippen LogP contribution in [0.1, 0.15) is 50.0 Å². The predicted octanol–water partition coefficient (Wildman–Crippen LogP) is 2.00. The Morgan fingerprint density at radius 2 is 2.14 bits per heavy atom. The van der Waals surface area contributed by atoms with E-state index in [9.17, 15) is 9.59 Å². The van der Waals surface area contributed by atoms with E-state index in [0.29, 0.717) is 18.7 Å². The summed E-state index contributed by atoms with van der Waals surface area (Å²) < 4.78 is 5.45.